The lowest BCUT2D eigenvalue weighted by molar-refractivity contribution is -0.126. The number of methoxy groups -OCH3 is 2. The fraction of sp³-hybridized carbons (Fsp3) is 0.364. The van der Waals surface area contributed by atoms with Crippen molar-refractivity contribution in [2.24, 2.45) is 5.92 Å². The van der Waals surface area contributed by atoms with Gasteiger partial charge in [0.2, 0.25) is 11.8 Å². The van der Waals surface area contributed by atoms with Gasteiger partial charge in [-0.1, -0.05) is 12.1 Å². The number of hydrogen-bond acceptors (Lipinski definition) is 5. The first-order chi connectivity index (χ1) is 14.0. The number of aromatic hydroxyl groups is 1. The number of nitrogens with one attached hydrogen (secondary N) is 1. The van der Waals surface area contributed by atoms with Crippen LogP contribution in [0, 0.1) is 5.92 Å². The number of carbonyl (C=O) groups excluding carboxylic acids is 2. The zero-order chi connectivity index (χ0) is 20.8. The van der Waals surface area contributed by atoms with Gasteiger partial charge in [0.15, 0.2) is 11.5 Å². The highest BCUT2D eigenvalue weighted by atomic mass is 16.5. The molecule has 1 fully saturated rings. The molecule has 1 aliphatic rings. The van der Waals surface area contributed by atoms with E-state index in [1.807, 2.05) is 12.1 Å². The van der Waals surface area contributed by atoms with Crippen molar-refractivity contribution in [1.82, 2.24) is 5.32 Å². The molecule has 1 atom stereocenters. The molecular formula is C22H26N2O5. The van der Waals surface area contributed by atoms with Crippen molar-refractivity contribution in [2.75, 3.05) is 32.2 Å². The monoisotopic (exact) mass is 398 g/mol. The van der Waals surface area contributed by atoms with E-state index in [1.54, 1.807) is 49.5 Å². The summed E-state index contributed by atoms with van der Waals surface area (Å²) in [5, 5.41) is 12.2. The molecule has 0 aliphatic carbocycles. The zero-order valence-corrected chi connectivity index (χ0v) is 16.7. The van der Waals surface area contributed by atoms with Gasteiger partial charge in [-0.05, 0) is 42.7 Å². The molecule has 0 aromatic heterocycles. The summed E-state index contributed by atoms with van der Waals surface area (Å²) in [5.41, 5.74) is 1.79. The largest absolute Gasteiger partial charge is 0.508 e. The lowest BCUT2D eigenvalue weighted by Crippen LogP contribution is -2.33. The van der Waals surface area contributed by atoms with E-state index in [0.717, 1.165) is 18.4 Å². The number of hydrogen-bond donors (Lipinski definition) is 2. The van der Waals surface area contributed by atoms with E-state index in [-0.39, 0.29) is 29.9 Å². The van der Waals surface area contributed by atoms with E-state index < -0.39 is 0 Å². The Morgan fingerprint density at radius 1 is 1.14 bits per heavy atom. The first kappa shape index (κ1) is 20.5. The Labute approximate surface area is 170 Å². The van der Waals surface area contributed by atoms with Gasteiger partial charge in [0.05, 0.1) is 20.1 Å². The van der Waals surface area contributed by atoms with Gasteiger partial charge < -0.3 is 24.8 Å². The Morgan fingerprint density at radius 2 is 1.86 bits per heavy atom. The lowest BCUT2D eigenvalue weighted by Gasteiger charge is -2.18. The summed E-state index contributed by atoms with van der Waals surface area (Å²) >= 11 is 0. The summed E-state index contributed by atoms with van der Waals surface area (Å²) in [7, 11) is 3.10. The van der Waals surface area contributed by atoms with Crippen LogP contribution in [0.2, 0.25) is 0 Å². The van der Waals surface area contributed by atoms with Crippen LogP contribution in [0.1, 0.15) is 18.4 Å². The Bertz CT molecular complexity index is 866. The average molecular weight is 398 g/mol. The van der Waals surface area contributed by atoms with Crippen molar-refractivity contribution in [3.63, 3.8) is 0 Å². The standard InChI is InChI=1S/C22H26N2O5/c1-28-19-10-7-17(13-20(19)29-2)24-14-16(12-21(24)26)22(27)23-11-3-4-15-5-8-18(25)9-6-15/h5-10,13,16,25H,3-4,11-12,14H2,1-2H3,(H,23,27). The maximum Gasteiger partial charge on any atom is 0.227 e. The Morgan fingerprint density at radius 3 is 2.55 bits per heavy atom. The van der Waals surface area contributed by atoms with Crippen molar-refractivity contribution < 1.29 is 24.2 Å². The van der Waals surface area contributed by atoms with Crippen LogP contribution < -0.4 is 19.7 Å². The fourth-order valence-corrected chi connectivity index (χ4v) is 3.44. The van der Waals surface area contributed by atoms with E-state index in [4.69, 9.17) is 9.47 Å². The van der Waals surface area contributed by atoms with E-state index in [2.05, 4.69) is 5.32 Å². The van der Waals surface area contributed by atoms with E-state index in [9.17, 15) is 14.7 Å². The maximum absolute atomic E-state index is 12.5. The number of phenolic OH excluding ortho intramolecular Hbond substituents is 1. The minimum absolute atomic E-state index is 0.0820. The molecule has 29 heavy (non-hydrogen) atoms. The molecule has 0 spiro atoms. The van der Waals surface area contributed by atoms with Crippen LogP contribution in [-0.2, 0) is 16.0 Å². The molecule has 0 radical (unpaired) electrons. The van der Waals surface area contributed by atoms with Crippen LogP contribution >= 0.6 is 0 Å². The van der Waals surface area contributed by atoms with Crippen LogP contribution in [0.4, 0.5) is 5.69 Å². The number of ether oxygens (including phenoxy) is 2. The molecule has 1 heterocycles. The first-order valence-electron chi connectivity index (χ1n) is 9.60. The third kappa shape index (κ3) is 4.99. The van der Waals surface area contributed by atoms with E-state index in [0.29, 0.717) is 30.3 Å². The minimum Gasteiger partial charge on any atom is -0.508 e. The molecule has 3 rings (SSSR count). The molecule has 1 aliphatic heterocycles. The second-order valence-electron chi connectivity index (χ2n) is 7.01. The number of aryl methyl sites for hydroxylation is 1. The van der Waals surface area contributed by atoms with Gasteiger partial charge in [0.1, 0.15) is 5.75 Å². The third-order valence-corrected chi connectivity index (χ3v) is 5.05. The fourth-order valence-electron chi connectivity index (χ4n) is 3.44. The molecule has 154 valence electrons. The first-order valence-corrected chi connectivity index (χ1v) is 9.60. The van der Waals surface area contributed by atoms with Crippen molar-refractivity contribution in [1.29, 1.82) is 0 Å². The molecule has 2 N–H and O–H groups in total. The summed E-state index contributed by atoms with van der Waals surface area (Å²) in [6, 6.07) is 12.3. The van der Waals surface area contributed by atoms with Gasteiger partial charge in [-0.2, -0.15) is 0 Å². The third-order valence-electron chi connectivity index (χ3n) is 5.05. The Hall–Kier alpha value is -3.22. The summed E-state index contributed by atoms with van der Waals surface area (Å²) in [6.07, 6.45) is 1.79. The number of phenols is 1. The zero-order valence-electron chi connectivity index (χ0n) is 16.7. The van der Waals surface area contributed by atoms with Crippen molar-refractivity contribution in [3.8, 4) is 17.2 Å². The van der Waals surface area contributed by atoms with Gasteiger partial charge in [0.25, 0.3) is 0 Å². The van der Waals surface area contributed by atoms with E-state index >= 15 is 0 Å². The SMILES string of the molecule is COc1ccc(N2CC(C(=O)NCCCc3ccc(O)cc3)CC2=O)cc1OC. The minimum atomic E-state index is -0.371. The highest BCUT2D eigenvalue weighted by Crippen LogP contribution is 2.34. The topological polar surface area (TPSA) is 88.1 Å². The molecule has 1 saturated heterocycles. The molecule has 1 unspecified atom stereocenters. The molecule has 2 aromatic rings. The molecule has 2 amide bonds. The van der Waals surface area contributed by atoms with Crippen LogP contribution in [-0.4, -0.2) is 44.2 Å². The number of carbonyl (C=O) groups is 2. The summed E-state index contributed by atoms with van der Waals surface area (Å²) < 4.78 is 10.5. The quantitative estimate of drug-likeness (QED) is 0.667. The predicted molar refractivity (Wildman–Crippen MR) is 109 cm³/mol. The van der Waals surface area contributed by atoms with Gasteiger partial charge in [0, 0.05) is 31.3 Å². The molecule has 0 bridgehead atoms. The predicted octanol–water partition coefficient (Wildman–Crippen LogP) is 2.51. The number of amides is 2. The Balaban J connectivity index is 1.51. The molecule has 7 heteroatoms. The van der Waals surface area contributed by atoms with Crippen LogP contribution in [0.5, 0.6) is 17.2 Å². The summed E-state index contributed by atoms with van der Waals surface area (Å²) in [6.45, 7) is 0.888. The van der Waals surface area contributed by atoms with Crippen molar-refractivity contribution in [3.05, 3.63) is 48.0 Å². The molecule has 2 aromatic carbocycles. The van der Waals surface area contributed by atoms with Crippen molar-refractivity contribution in [2.45, 2.75) is 19.3 Å². The van der Waals surface area contributed by atoms with Gasteiger partial charge in [-0.15, -0.1) is 0 Å². The van der Waals surface area contributed by atoms with Gasteiger partial charge >= 0.3 is 0 Å². The smallest absolute Gasteiger partial charge is 0.227 e. The normalized spacial score (nSPS) is 16.0. The molecule has 0 saturated carbocycles. The van der Waals surface area contributed by atoms with Crippen molar-refractivity contribution >= 4 is 17.5 Å². The van der Waals surface area contributed by atoms with E-state index in [1.165, 1.54) is 0 Å². The average Bonchev–Trinajstić information content (AvgIpc) is 3.13. The highest BCUT2D eigenvalue weighted by Gasteiger charge is 2.35. The molecule has 7 nitrogen and oxygen atoms in total. The van der Waals surface area contributed by atoms with Gasteiger partial charge in [-0.3, -0.25) is 9.59 Å². The lowest BCUT2D eigenvalue weighted by atomic mass is 10.1. The van der Waals surface area contributed by atoms with Gasteiger partial charge in [-0.25, -0.2) is 0 Å². The van der Waals surface area contributed by atoms with Crippen LogP contribution in [0.3, 0.4) is 0 Å². The highest BCUT2D eigenvalue weighted by molar-refractivity contribution is 6.00. The summed E-state index contributed by atoms with van der Waals surface area (Å²) in [4.78, 5) is 26.5. The number of rotatable bonds is 8. The second-order valence-corrected chi connectivity index (χ2v) is 7.01. The number of anilines is 1. The number of nitrogens with zero attached hydrogens (tertiary/aromatic N) is 1. The number of benzene rings is 2. The molecular weight excluding hydrogens is 372 g/mol. The second kappa shape index (κ2) is 9.32. The summed E-state index contributed by atoms with van der Waals surface area (Å²) in [5.74, 6) is 0.815. The maximum atomic E-state index is 12.5. The van der Waals surface area contributed by atoms with Crippen LogP contribution in [0.15, 0.2) is 42.5 Å². The Kier molecular flexibility index (Phi) is 6.59. The van der Waals surface area contributed by atoms with Crippen LogP contribution in [0.25, 0.3) is 0 Å².